The zero-order valence-corrected chi connectivity index (χ0v) is 21.8. The van der Waals surface area contributed by atoms with Crippen LogP contribution in [0.25, 0.3) is 40.4 Å². The minimum absolute atomic E-state index is 0.0411. The van der Waals surface area contributed by atoms with Crippen molar-refractivity contribution in [1.29, 1.82) is 0 Å². The molecule has 0 unspecified atom stereocenters. The lowest BCUT2D eigenvalue weighted by Gasteiger charge is -2.01. The number of aliphatic carboxylic acids is 2. The molecule has 0 atom stereocenters. The Labute approximate surface area is 224 Å². The zero-order chi connectivity index (χ0) is 25.8. The fraction of sp³-hybridized carbons (Fsp3) is 0.154. The molecule has 0 amide bonds. The Hall–Kier alpha value is -3.80. The minimum atomic E-state index is -0.840. The van der Waals surface area contributed by atoms with Crippen molar-refractivity contribution >= 4 is 45.9 Å². The summed E-state index contributed by atoms with van der Waals surface area (Å²) in [7, 11) is 0. The highest BCUT2D eigenvalue weighted by Gasteiger charge is 2.19. The van der Waals surface area contributed by atoms with Gasteiger partial charge in [-0.25, -0.2) is 19.9 Å². The van der Waals surface area contributed by atoms with Crippen molar-refractivity contribution in [1.82, 2.24) is 19.9 Å². The highest BCUT2D eigenvalue weighted by molar-refractivity contribution is 7.28. The number of carbonyl (C=O) groups is 2. The number of carboxylic acids is 2. The van der Waals surface area contributed by atoms with Crippen molar-refractivity contribution in [3.8, 4) is 40.4 Å². The standard InChI is InChI=1S/C26H20N4O4S3/c31-23(32)5-1-15-7-21(17-9-27-13-28-10-17)36-25(15)19-3-4-20(35-19)26-16(2-6-24(33)34)8-22(37-26)18-11-29-14-30-12-18/h3-4,7-14H,1-2,5-6H2,(H,31,32)(H,33,34). The van der Waals surface area contributed by atoms with E-state index in [1.165, 1.54) is 12.7 Å². The quantitative estimate of drug-likeness (QED) is 0.213. The average molecular weight is 549 g/mol. The number of hydrogen-bond donors (Lipinski definition) is 2. The Morgan fingerprint density at radius 1 is 0.622 bits per heavy atom. The molecule has 8 nitrogen and oxygen atoms in total. The fourth-order valence-corrected chi connectivity index (χ4v) is 7.52. The van der Waals surface area contributed by atoms with E-state index in [9.17, 15) is 19.8 Å². The summed E-state index contributed by atoms with van der Waals surface area (Å²) in [5.74, 6) is -1.68. The molecule has 0 radical (unpaired) electrons. The van der Waals surface area contributed by atoms with Gasteiger partial charge in [0.05, 0.1) is 0 Å². The third-order valence-corrected chi connectivity index (χ3v) is 9.48. The number of aryl methyl sites for hydroxylation is 2. The molecule has 0 bridgehead atoms. The van der Waals surface area contributed by atoms with Gasteiger partial charge in [0.1, 0.15) is 12.7 Å². The summed E-state index contributed by atoms with van der Waals surface area (Å²) in [5.41, 5.74) is 3.71. The van der Waals surface area contributed by atoms with Gasteiger partial charge in [0.2, 0.25) is 0 Å². The van der Waals surface area contributed by atoms with Crippen LogP contribution in [0.1, 0.15) is 24.0 Å². The van der Waals surface area contributed by atoms with E-state index in [0.29, 0.717) is 12.8 Å². The van der Waals surface area contributed by atoms with Crippen molar-refractivity contribution in [3.63, 3.8) is 0 Å². The van der Waals surface area contributed by atoms with Gasteiger partial charge in [-0.2, -0.15) is 0 Å². The second kappa shape index (κ2) is 11.1. The summed E-state index contributed by atoms with van der Waals surface area (Å²) in [5, 5.41) is 18.5. The predicted molar refractivity (Wildman–Crippen MR) is 145 cm³/mol. The van der Waals surface area contributed by atoms with Crippen molar-refractivity contribution in [2.75, 3.05) is 0 Å². The van der Waals surface area contributed by atoms with Gasteiger partial charge in [0.25, 0.3) is 0 Å². The van der Waals surface area contributed by atoms with Gasteiger partial charge < -0.3 is 10.2 Å². The highest BCUT2D eigenvalue weighted by Crippen LogP contribution is 2.46. The largest absolute Gasteiger partial charge is 0.481 e. The molecule has 5 rings (SSSR count). The van der Waals surface area contributed by atoms with Crippen LogP contribution in [0.3, 0.4) is 0 Å². The molecule has 0 aromatic carbocycles. The van der Waals surface area contributed by atoms with Crippen LogP contribution in [0, 0.1) is 0 Å². The predicted octanol–water partition coefficient (Wildman–Crippen LogP) is 6.15. The summed E-state index contributed by atoms with van der Waals surface area (Å²) in [6.07, 6.45) is 10.9. The van der Waals surface area contributed by atoms with Crippen LogP contribution in [0.4, 0.5) is 0 Å². The van der Waals surface area contributed by atoms with Gasteiger partial charge in [0, 0.05) is 78.0 Å². The maximum absolute atomic E-state index is 11.3. The lowest BCUT2D eigenvalue weighted by atomic mass is 10.1. The smallest absolute Gasteiger partial charge is 0.303 e. The number of carboxylic acid groups (broad SMARTS) is 2. The van der Waals surface area contributed by atoms with Gasteiger partial charge in [-0.05, 0) is 48.2 Å². The van der Waals surface area contributed by atoms with Gasteiger partial charge in [-0.3, -0.25) is 9.59 Å². The molecule has 0 saturated heterocycles. The summed E-state index contributed by atoms with van der Waals surface area (Å²) >= 11 is 4.80. The molecule has 186 valence electrons. The third kappa shape index (κ3) is 5.79. The lowest BCUT2D eigenvalue weighted by molar-refractivity contribution is -0.138. The fourth-order valence-electron chi connectivity index (χ4n) is 3.85. The molecule has 11 heteroatoms. The number of nitrogens with zero attached hydrogens (tertiary/aromatic N) is 4. The highest BCUT2D eigenvalue weighted by atomic mass is 32.1. The Morgan fingerprint density at radius 2 is 1.03 bits per heavy atom. The maximum Gasteiger partial charge on any atom is 0.303 e. The van der Waals surface area contributed by atoms with Crippen LogP contribution < -0.4 is 0 Å². The van der Waals surface area contributed by atoms with E-state index in [1.807, 2.05) is 24.3 Å². The number of aromatic nitrogens is 4. The van der Waals surface area contributed by atoms with Crippen LogP contribution >= 0.6 is 34.0 Å². The average Bonchev–Trinajstić information content (AvgIpc) is 3.65. The molecule has 5 aromatic heterocycles. The van der Waals surface area contributed by atoms with Gasteiger partial charge in [0.15, 0.2) is 0 Å². The SMILES string of the molecule is O=C(O)CCc1cc(-c2cncnc2)sc1-c1ccc(-c2sc(-c3cncnc3)cc2CCC(=O)O)s1. The molecule has 37 heavy (non-hydrogen) atoms. The summed E-state index contributed by atoms with van der Waals surface area (Å²) < 4.78 is 0. The minimum Gasteiger partial charge on any atom is -0.481 e. The molecule has 0 saturated carbocycles. The molecule has 5 heterocycles. The normalized spacial score (nSPS) is 11.0. The van der Waals surface area contributed by atoms with Crippen molar-refractivity contribution in [2.45, 2.75) is 25.7 Å². The monoisotopic (exact) mass is 548 g/mol. The molecule has 0 aliphatic rings. The lowest BCUT2D eigenvalue weighted by Crippen LogP contribution is -1.97. The van der Waals surface area contributed by atoms with Crippen LogP contribution in [-0.4, -0.2) is 42.1 Å². The molecule has 0 aliphatic carbocycles. The number of rotatable bonds is 10. The van der Waals surface area contributed by atoms with Crippen LogP contribution in [0.2, 0.25) is 0 Å². The van der Waals surface area contributed by atoms with E-state index >= 15 is 0 Å². The first-order chi connectivity index (χ1) is 18.0. The van der Waals surface area contributed by atoms with E-state index in [0.717, 1.165) is 51.5 Å². The van der Waals surface area contributed by atoms with Crippen molar-refractivity contribution in [3.05, 3.63) is 72.8 Å². The molecule has 2 N–H and O–H groups in total. The molecule has 0 spiro atoms. The first-order valence-corrected chi connectivity index (χ1v) is 13.7. The van der Waals surface area contributed by atoms with E-state index in [-0.39, 0.29) is 12.8 Å². The Bertz CT molecular complexity index is 1430. The summed E-state index contributed by atoms with van der Waals surface area (Å²) in [6, 6.07) is 8.15. The number of thiophene rings is 3. The third-order valence-electron chi connectivity index (χ3n) is 5.58. The molecule has 5 aromatic rings. The van der Waals surface area contributed by atoms with E-state index < -0.39 is 11.9 Å². The molecule has 0 aliphatic heterocycles. The van der Waals surface area contributed by atoms with Crippen LogP contribution in [0.5, 0.6) is 0 Å². The Balaban J connectivity index is 1.53. The molecular weight excluding hydrogens is 529 g/mol. The van der Waals surface area contributed by atoms with Gasteiger partial charge >= 0.3 is 11.9 Å². The van der Waals surface area contributed by atoms with Crippen LogP contribution in [-0.2, 0) is 22.4 Å². The molecular formula is C26H20N4O4S3. The van der Waals surface area contributed by atoms with E-state index in [4.69, 9.17) is 0 Å². The number of hydrogen-bond acceptors (Lipinski definition) is 9. The summed E-state index contributed by atoms with van der Waals surface area (Å²) in [6.45, 7) is 0. The van der Waals surface area contributed by atoms with Crippen LogP contribution in [0.15, 0.2) is 61.7 Å². The van der Waals surface area contributed by atoms with E-state index in [2.05, 4.69) is 19.9 Å². The zero-order valence-electron chi connectivity index (χ0n) is 19.3. The van der Waals surface area contributed by atoms with Crippen molar-refractivity contribution in [2.24, 2.45) is 0 Å². The van der Waals surface area contributed by atoms with Gasteiger partial charge in [-0.1, -0.05) is 0 Å². The first-order valence-electron chi connectivity index (χ1n) is 11.3. The van der Waals surface area contributed by atoms with E-state index in [1.54, 1.807) is 58.8 Å². The van der Waals surface area contributed by atoms with Crippen molar-refractivity contribution < 1.29 is 19.8 Å². The maximum atomic E-state index is 11.3. The molecule has 0 fully saturated rings. The Morgan fingerprint density at radius 3 is 1.41 bits per heavy atom. The second-order valence-corrected chi connectivity index (χ2v) is 11.3. The first kappa shape index (κ1) is 24.9. The topological polar surface area (TPSA) is 126 Å². The summed E-state index contributed by atoms with van der Waals surface area (Å²) in [4.78, 5) is 45.1. The van der Waals surface area contributed by atoms with Gasteiger partial charge in [-0.15, -0.1) is 34.0 Å². The Kier molecular flexibility index (Phi) is 7.45. The second-order valence-electron chi connectivity index (χ2n) is 8.14.